The van der Waals surface area contributed by atoms with Crippen molar-refractivity contribution in [1.29, 1.82) is 0 Å². The molecule has 2 aromatic rings. The summed E-state index contributed by atoms with van der Waals surface area (Å²) >= 11 is 4.28. The largest absolute Gasteiger partial charge is 0.475 e. The summed E-state index contributed by atoms with van der Waals surface area (Å²) < 4.78 is 1.86. The third-order valence-corrected chi connectivity index (χ3v) is 4.23. The molecule has 0 spiro atoms. The molecule has 0 bridgehead atoms. The van der Waals surface area contributed by atoms with E-state index in [9.17, 15) is 9.59 Å². The van der Waals surface area contributed by atoms with Crippen LogP contribution in [0.1, 0.15) is 5.56 Å². The molecule has 0 aliphatic carbocycles. The van der Waals surface area contributed by atoms with Gasteiger partial charge in [-0.05, 0) is 56.8 Å². The van der Waals surface area contributed by atoms with Crippen LogP contribution in [0.5, 0.6) is 0 Å². The predicted octanol–water partition coefficient (Wildman–Crippen LogP) is 2.57. The van der Waals surface area contributed by atoms with Gasteiger partial charge < -0.3 is 10.1 Å². The number of fused-ring (bicyclic) bond motifs is 1. The van der Waals surface area contributed by atoms with Crippen molar-refractivity contribution in [3.63, 3.8) is 0 Å². The maximum Gasteiger partial charge on any atom is 0.372 e. The smallest absolute Gasteiger partial charge is 0.372 e. The van der Waals surface area contributed by atoms with E-state index in [1.165, 1.54) is 0 Å². The van der Waals surface area contributed by atoms with E-state index >= 15 is 0 Å². The van der Waals surface area contributed by atoms with Gasteiger partial charge in [-0.1, -0.05) is 12.1 Å². The molecule has 88 valence electrons. The van der Waals surface area contributed by atoms with Gasteiger partial charge in [0.15, 0.2) is 0 Å². The number of aromatic amines is 1. The lowest BCUT2D eigenvalue weighted by atomic mass is 10.1. The average molecular weight is 455 g/mol. The van der Waals surface area contributed by atoms with Crippen LogP contribution >= 0.6 is 45.2 Å². The number of carboxylic acid groups (broad SMARTS) is 1. The number of carbonyl (C=O) groups is 2. The molecular weight excluding hydrogens is 448 g/mol. The van der Waals surface area contributed by atoms with E-state index in [0.29, 0.717) is 0 Å². The summed E-state index contributed by atoms with van der Waals surface area (Å²) in [5.41, 5.74) is 1.71. The number of aliphatic carboxylic acids is 1. The van der Waals surface area contributed by atoms with Crippen molar-refractivity contribution in [2.45, 2.75) is 6.42 Å². The van der Waals surface area contributed by atoms with E-state index in [2.05, 4.69) is 50.2 Å². The number of benzene rings is 1. The Morgan fingerprint density at radius 3 is 2.65 bits per heavy atom. The summed E-state index contributed by atoms with van der Waals surface area (Å²) in [6.45, 7) is 0. The molecule has 0 aliphatic rings. The highest BCUT2D eigenvalue weighted by atomic mass is 127. The number of para-hydroxylation sites is 1. The molecule has 1 heterocycles. The van der Waals surface area contributed by atoms with Gasteiger partial charge in [0.05, 0.1) is 9.22 Å². The number of hydrogen-bond acceptors (Lipinski definition) is 2. The second-order valence-electron chi connectivity index (χ2n) is 3.49. The van der Waals surface area contributed by atoms with Crippen molar-refractivity contribution in [2.75, 3.05) is 0 Å². The topological polar surface area (TPSA) is 70.2 Å². The van der Waals surface area contributed by atoms with Gasteiger partial charge in [-0.2, -0.15) is 0 Å². The number of halogens is 2. The molecule has 1 aromatic heterocycles. The molecular formula is C11H7I2NO3. The first kappa shape index (κ1) is 12.8. The van der Waals surface area contributed by atoms with E-state index in [-0.39, 0.29) is 6.42 Å². The highest BCUT2D eigenvalue weighted by Crippen LogP contribution is 2.27. The first-order valence-electron chi connectivity index (χ1n) is 4.71. The molecule has 0 unspecified atom stereocenters. The molecule has 0 fully saturated rings. The van der Waals surface area contributed by atoms with E-state index in [4.69, 9.17) is 5.11 Å². The van der Waals surface area contributed by atoms with Gasteiger partial charge in [-0.25, -0.2) is 4.79 Å². The Kier molecular flexibility index (Phi) is 3.71. The van der Waals surface area contributed by atoms with Gasteiger partial charge in [0.25, 0.3) is 0 Å². The number of H-pyrrole nitrogens is 1. The van der Waals surface area contributed by atoms with Crippen LogP contribution in [-0.2, 0) is 16.0 Å². The number of nitrogens with one attached hydrogen (secondary N) is 1. The molecule has 0 atom stereocenters. The zero-order valence-corrected chi connectivity index (χ0v) is 12.8. The van der Waals surface area contributed by atoms with Crippen LogP contribution < -0.4 is 0 Å². The fraction of sp³-hybridized carbons (Fsp3) is 0.0909. The Bertz CT molecular complexity index is 618. The fourth-order valence-electron chi connectivity index (χ4n) is 1.62. The normalized spacial score (nSPS) is 10.7. The summed E-state index contributed by atoms with van der Waals surface area (Å²) in [5.74, 6) is -2.18. The van der Waals surface area contributed by atoms with E-state index in [0.717, 1.165) is 23.7 Å². The lowest BCUT2D eigenvalue weighted by Gasteiger charge is -1.97. The standard InChI is InChI=1S/C11H7I2NO3/c12-7-3-1-2-5-6(4-8(15)11(16)17)10(13)14-9(5)7/h1-3,14H,4H2,(H,16,17). The Morgan fingerprint density at radius 1 is 1.29 bits per heavy atom. The SMILES string of the molecule is O=C(O)C(=O)Cc1c(I)[nH]c2c(I)cccc12. The van der Waals surface area contributed by atoms with Gasteiger partial charge in [-0.15, -0.1) is 0 Å². The second kappa shape index (κ2) is 4.92. The summed E-state index contributed by atoms with van der Waals surface area (Å²) in [6.07, 6.45) is -0.0757. The van der Waals surface area contributed by atoms with Crippen molar-refractivity contribution in [3.8, 4) is 0 Å². The van der Waals surface area contributed by atoms with Gasteiger partial charge in [0.2, 0.25) is 5.78 Å². The second-order valence-corrected chi connectivity index (χ2v) is 5.73. The zero-order chi connectivity index (χ0) is 12.6. The Labute approximate surface area is 124 Å². The van der Waals surface area contributed by atoms with Crippen molar-refractivity contribution < 1.29 is 14.7 Å². The van der Waals surface area contributed by atoms with E-state index in [1.54, 1.807) is 0 Å². The predicted molar refractivity (Wildman–Crippen MR) is 80.1 cm³/mol. The maximum atomic E-state index is 11.3. The van der Waals surface area contributed by atoms with Gasteiger partial charge in [0, 0.05) is 15.4 Å². The van der Waals surface area contributed by atoms with Gasteiger partial charge in [0.1, 0.15) is 0 Å². The third kappa shape index (κ3) is 2.46. The van der Waals surface area contributed by atoms with E-state index in [1.807, 2.05) is 18.2 Å². The maximum absolute atomic E-state index is 11.3. The molecule has 17 heavy (non-hydrogen) atoms. The molecule has 0 radical (unpaired) electrons. The lowest BCUT2D eigenvalue weighted by Crippen LogP contribution is -2.15. The van der Waals surface area contributed by atoms with Crippen LogP contribution in [0.2, 0.25) is 0 Å². The number of aromatic nitrogens is 1. The Morgan fingerprint density at radius 2 is 2.00 bits per heavy atom. The quantitative estimate of drug-likeness (QED) is 0.553. The minimum atomic E-state index is -1.39. The molecule has 2 N–H and O–H groups in total. The third-order valence-electron chi connectivity index (χ3n) is 2.41. The average Bonchev–Trinajstić information content (AvgIpc) is 2.58. The molecule has 0 saturated heterocycles. The summed E-state index contributed by atoms with van der Waals surface area (Å²) in [5, 5.41) is 9.55. The lowest BCUT2D eigenvalue weighted by molar-refractivity contribution is -0.148. The Balaban J connectivity index is 2.54. The van der Waals surface area contributed by atoms with Crippen molar-refractivity contribution in [1.82, 2.24) is 4.98 Å². The highest BCUT2D eigenvalue weighted by Gasteiger charge is 2.18. The molecule has 4 nitrogen and oxygen atoms in total. The number of rotatable bonds is 3. The number of hydrogen-bond donors (Lipinski definition) is 2. The van der Waals surface area contributed by atoms with Crippen LogP contribution in [0.4, 0.5) is 0 Å². The minimum absolute atomic E-state index is 0.0757. The molecule has 0 amide bonds. The minimum Gasteiger partial charge on any atom is -0.475 e. The number of carbonyl (C=O) groups excluding carboxylic acids is 1. The summed E-state index contributed by atoms with van der Waals surface area (Å²) in [6, 6.07) is 5.74. The molecule has 0 aliphatic heterocycles. The Hall–Kier alpha value is -0.640. The molecule has 1 aromatic carbocycles. The van der Waals surface area contributed by atoms with Gasteiger partial charge >= 0.3 is 5.97 Å². The first-order valence-corrected chi connectivity index (χ1v) is 6.87. The van der Waals surface area contributed by atoms with Crippen LogP contribution in [0.25, 0.3) is 10.9 Å². The first-order chi connectivity index (χ1) is 8.00. The van der Waals surface area contributed by atoms with Crippen LogP contribution in [0.3, 0.4) is 0 Å². The van der Waals surface area contributed by atoms with Crippen LogP contribution in [0, 0.1) is 7.27 Å². The van der Waals surface area contributed by atoms with Crippen molar-refractivity contribution in [2.24, 2.45) is 0 Å². The van der Waals surface area contributed by atoms with E-state index < -0.39 is 11.8 Å². The van der Waals surface area contributed by atoms with Crippen LogP contribution in [0.15, 0.2) is 18.2 Å². The van der Waals surface area contributed by atoms with Crippen LogP contribution in [-0.4, -0.2) is 21.8 Å². The number of ketones is 1. The van der Waals surface area contributed by atoms with Gasteiger partial charge in [-0.3, -0.25) is 4.79 Å². The zero-order valence-electron chi connectivity index (χ0n) is 8.46. The number of carboxylic acids is 1. The molecule has 0 saturated carbocycles. The van der Waals surface area contributed by atoms with Crippen molar-refractivity contribution in [3.05, 3.63) is 31.0 Å². The molecule has 6 heteroatoms. The molecule has 2 rings (SSSR count). The van der Waals surface area contributed by atoms with Crippen molar-refractivity contribution >= 4 is 67.8 Å². The monoisotopic (exact) mass is 455 g/mol. The fourth-order valence-corrected chi connectivity index (χ4v) is 3.00. The summed E-state index contributed by atoms with van der Waals surface area (Å²) in [7, 11) is 0. The highest BCUT2D eigenvalue weighted by molar-refractivity contribution is 14.1. The number of Topliss-reactive ketones (excluding diaryl/α,β-unsaturated/α-hetero) is 1. The summed E-state index contributed by atoms with van der Waals surface area (Å²) in [4.78, 5) is 25.0.